The van der Waals surface area contributed by atoms with Crippen LogP contribution in [0.4, 0.5) is 0 Å². The van der Waals surface area contributed by atoms with Gasteiger partial charge in [-0.05, 0) is 25.7 Å². The van der Waals surface area contributed by atoms with Gasteiger partial charge in [0, 0.05) is 19.0 Å². The molecule has 0 saturated carbocycles. The molecule has 1 saturated heterocycles. The zero-order valence-corrected chi connectivity index (χ0v) is 8.53. The maximum atomic E-state index is 10.0. The van der Waals surface area contributed by atoms with Crippen molar-refractivity contribution in [1.29, 1.82) is 0 Å². The zero-order valence-electron chi connectivity index (χ0n) is 8.53. The first-order valence-electron chi connectivity index (χ1n) is 5.29. The van der Waals surface area contributed by atoms with Gasteiger partial charge in [0.05, 0.1) is 0 Å². The van der Waals surface area contributed by atoms with Gasteiger partial charge in [0.2, 0.25) is 0 Å². The Morgan fingerprint density at radius 1 is 1.54 bits per heavy atom. The topological polar surface area (TPSA) is 23.2 Å². The molecule has 3 unspecified atom stereocenters. The summed E-state index contributed by atoms with van der Waals surface area (Å²) in [5.41, 5.74) is 1.39. The summed E-state index contributed by atoms with van der Waals surface area (Å²) in [6.07, 6.45) is 4.49. The van der Waals surface area contributed by atoms with Gasteiger partial charge in [0.25, 0.3) is 0 Å². The maximum Gasteiger partial charge on any atom is 0.114 e. The molecule has 1 N–H and O–H groups in total. The molecule has 0 amide bonds. The van der Waals surface area contributed by atoms with Crippen LogP contribution in [-0.4, -0.2) is 29.3 Å². The summed E-state index contributed by atoms with van der Waals surface area (Å²) >= 11 is 0. The second-order valence-electron chi connectivity index (χ2n) is 4.48. The van der Waals surface area contributed by atoms with Gasteiger partial charge in [-0.25, -0.2) is 0 Å². The van der Waals surface area contributed by atoms with Crippen LogP contribution in [0, 0.1) is 11.8 Å². The Labute approximate surface area is 80.2 Å². The molecule has 1 fully saturated rings. The van der Waals surface area contributed by atoms with E-state index < -0.39 is 0 Å². The van der Waals surface area contributed by atoms with E-state index in [1.165, 1.54) is 18.4 Å². The average Bonchev–Trinajstić information content (AvgIpc) is 2.85. The molecule has 0 aromatic heterocycles. The molecule has 2 rings (SSSR count). The predicted octanol–water partition coefficient (Wildman–Crippen LogP) is 1.61. The molecule has 2 nitrogen and oxygen atoms in total. The highest BCUT2D eigenvalue weighted by Crippen LogP contribution is 2.35. The van der Waals surface area contributed by atoms with E-state index in [1.807, 2.05) is 0 Å². The van der Waals surface area contributed by atoms with Gasteiger partial charge in [-0.2, -0.15) is 0 Å². The van der Waals surface area contributed by atoms with Gasteiger partial charge in [-0.1, -0.05) is 18.6 Å². The summed E-state index contributed by atoms with van der Waals surface area (Å²) in [5, 5.41) is 10.0. The largest absolute Gasteiger partial charge is 0.378 e. The van der Waals surface area contributed by atoms with E-state index in [1.54, 1.807) is 0 Å². The van der Waals surface area contributed by atoms with Gasteiger partial charge < -0.3 is 5.11 Å². The van der Waals surface area contributed by atoms with Crippen LogP contribution in [-0.2, 0) is 0 Å². The summed E-state index contributed by atoms with van der Waals surface area (Å²) in [4.78, 5) is 2.14. The molecule has 2 heteroatoms. The van der Waals surface area contributed by atoms with Crippen LogP contribution >= 0.6 is 0 Å². The van der Waals surface area contributed by atoms with Crippen LogP contribution in [0.3, 0.4) is 0 Å². The van der Waals surface area contributed by atoms with E-state index in [0.717, 1.165) is 13.1 Å². The molecule has 1 aliphatic carbocycles. The van der Waals surface area contributed by atoms with Gasteiger partial charge in [-0.15, -0.1) is 0 Å². The smallest absolute Gasteiger partial charge is 0.114 e. The van der Waals surface area contributed by atoms with Crippen molar-refractivity contribution in [3.8, 4) is 0 Å². The van der Waals surface area contributed by atoms with Crippen molar-refractivity contribution in [2.75, 3.05) is 13.1 Å². The molecule has 0 spiro atoms. The van der Waals surface area contributed by atoms with Crippen molar-refractivity contribution in [3.05, 3.63) is 11.6 Å². The number of aliphatic hydroxyl groups is 1. The zero-order chi connectivity index (χ0) is 9.42. The fourth-order valence-corrected chi connectivity index (χ4v) is 2.42. The van der Waals surface area contributed by atoms with Crippen molar-refractivity contribution in [2.24, 2.45) is 11.8 Å². The third-order valence-corrected chi connectivity index (χ3v) is 3.40. The summed E-state index contributed by atoms with van der Waals surface area (Å²) in [7, 11) is 0. The van der Waals surface area contributed by atoms with Crippen LogP contribution in [0.25, 0.3) is 0 Å². The number of hydrogen-bond acceptors (Lipinski definition) is 2. The third kappa shape index (κ3) is 1.79. The molecular formula is C11H19NO. The van der Waals surface area contributed by atoms with Crippen molar-refractivity contribution in [1.82, 2.24) is 4.90 Å². The van der Waals surface area contributed by atoms with E-state index in [-0.39, 0.29) is 6.23 Å². The molecule has 0 aromatic rings. The number of allylic oxidation sites excluding steroid dienone is 1. The lowest BCUT2D eigenvalue weighted by molar-refractivity contribution is 0.0136. The Bertz CT molecular complexity index is 220. The molecule has 0 aromatic carbocycles. The Morgan fingerprint density at radius 3 is 2.77 bits per heavy atom. The van der Waals surface area contributed by atoms with Gasteiger partial charge in [0.1, 0.15) is 6.23 Å². The maximum absolute atomic E-state index is 10.0. The summed E-state index contributed by atoms with van der Waals surface area (Å²) in [6, 6.07) is 0. The first-order valence-corrected chi connectivity index (χ1v) is 5.29. The molecule has 1 heterocycles. The van der Waals surface area contributed by atoms with Gasteiger partial charge in [-0.3, -0.25) is 4.90 Å². The Hall–Kier alpha value is -0.340. The van der Waals surface area contributed by atoms with Gasteiger partial charge >= 0.3 is 0 Å². The van der Waals surface area contributed by atoms with E-state index in [4.69, 9.17) is 0 Å². The monoisotopic (exact) mass is 181 g/mol. The van der Waals surface area contributed by atoms with E-state index >= 15 is 0 Å². The number of nitrogens with zero attached hydrogens (tertiary/aromatic N) is 1. The van der Waals surface area contributed by atoms with E-state index in [9.17, 15) is 5.11 Å². The van der Waals surface area contributed by atoms with E-state index in [0.29, 0.717) is 11.8 Å². The fourth-order valence-electron chi connectivity index (χ4n) is 2.42. The van der Waals surface area contributed by atoms with Crippen molar-refractivity contribution < 1.29 is 5.11 Å². The van der Waals surface area contributed by atoms with Crippen LogP contribution in [0.5, 0.6) is 0 Å². The lowest BCUT2D eigenvalue weighted by Gasteiger charge is -2.33. The summed E-state index contributed by atoms with van der Waals surface area (Å²) < 4.78 is 0. The highest BCUT2D eigenvalue weighted by Gasteiger charge is 2.36. The van der Waals surface area contributed by atoms with Crippen LogP contribution in [0.15, 0.2) is 11.6 Å². The van der Waals surface area contributed by atoms with Crippen molar-refractivity contribution in [2.45, 2.75) is 32.9 Å². The minimum Gasteiger partial charge on any atom is -0.378 e. The molecule has 13 heavy (non-hydrogen) atoms. The Kier molecular flexibility index (Phi) is 2.43. The quantitative estimate of drug-likeness (QED) is 0.517. The molecule has 3 atom stereocenters. The summed E-state index contributed by atoms with van der Waals surface area (Å²) in [5.74, 6) is 1.02. The van der Waals surface area contributed by atoms with Crippen LogP contribution < -0.4 is 0 Å². The fraction of sp³-hybridized carbons (Fsp3) is 0.818. The van der Waals surface area contributed by atoms with Crippen molar-refractivity contribution >= 4 is 0 Å². The number of aliphatic hydroxyl groups excluding tert-OH is 1. The predicted molar refractivity (Wildman–Crippen MR) is 53.2 cm³/mol. The average molecular weight is 181 g/mol. The molecule has 0 radical (unpaired) electrons. The SMILES string of the molecule is CC1=CCCC(C)C1C(O)N1CC1. The lowest BCUT2D eigenvalue weighted by Crippen LogP contribution is -2.35. The molecule has 2 aliphatic rings. The molecule has 0 bridgehead atoms. The van der Waals surface area contributed by atoms with E-state index in [2.05, 4.69) is 24.8 Å². The second kappa shape index (κ2) is 3.43. The normalized spacial score (nSPS) is 37.0. The lowest BCUT2D eigenvalue weighted by atomic mass is 9.79. The Balaban J connectivity index is 2.08. The summed E-state index contributed by atoms with van der Waals surface area (Å²) in [6.45, 7) is 6.58. The standard InChI is InChI=1S/C11H19NO/c1-8-4-3-5-9(2)10(8)11(13)12-6-7-12/h4,9-11,13H,3,5-7H2,1-2H3. The minimum absolute atomic E-state index is 0.216. The highest BCUT2D eigenvalue weighted by atomic mass is 16.3. The first kappa shape index (κ1) is 9.22. The van der Waals surface area contributed by atoms with Crippen LogP contribution in [0.1, 0.15) is 26.7 Å². The highest BCUT2D eigenvalue weighted by molar-refractivity contribution is 5.11. The number of rotatable bonds is 2. The van der Waals surface area contributed by atoms with Gasteiger partial charge in [0.15, 0.2) is 0 Å². The van der Waals surface area contributed by atoms with Crippen LogP contribution in [0.2, 0.25) is 0 Å². The minimum atomic E-state index is -0.216. The number of hydrogen-bond donors (Lipinski definition) is 1. The Morgan fingerprint density at radius 2 is 2.23 bits per heavy atom. The third-order valence-electron chi connectivity index (χ3n) is 3.40. The molecular weight excluding hydrogens is 162 g/mol. The van der Waals surface area contributed by atoms with Crippen molar-refractivity contribution in [3.63, 3.8) is 0 Å². The first-order chi connectivity index (χ1) is 6.20. The second-order valence-corrected chi connectivity index (χ2v) is 4.48. The molecule has 1 aliphatic heterocycles. The molecule has 74 valence electrons.